The van der Waals surface area contributed by atoms with Gasteiger partial charge in [-0.2, -0.15) is 0 Å². The number of carbonyl (C=O) groups is 2. The van der Waals surface area contributed by atoms with Gasteiger partial charge in [0.2, 0.25) is 5.91 Å². The second-order valence-corrected chi connectivity index (χ2v) is 8.78. The van der Waals surface area contributed by atoms with Crippen molar-refractivity contribution in [2.45, 2.75) is 68.8 Å². The van der Waals surface area contributed by atoms with Crippen LogP contribution < -0.4 is 20.7 Å². The molecule has 176 valence electrons. The summed E-state index contributed by atoms with van der Waals surface area (Å²) in [5.74, 6) is 0.599. The lowest BCUT2D eigenvalue weighted by Gasteiger charge is -2.37. The molecule has 32 heavy (non-hydrogen) atoms. The molecule has 0 aromatic heterocycles. The van der Waals surface area contributed by atoms with Gasteiger partial charge in [-0.3, -0.25) is 4.79 Å². The van der Waals surface area contributed by atoms with Gasteiger partial charge >= 0.3 is 6.03 Å². The number of anilines is 1. The molecule has 1 aromatic rings. The third-order valence-corrected chi connectivity index (χ3v) is 6.49. The van der Waals surface area contributed by atoms with Crippen molar-refractivity contribution in [1.29, 1.82) is 0 Å². The third kappa shape index (κ3) is 5.33. The first-order valence-corrected chi connectivity index (χ1v) is 11.5. The van der Waals surface area contributed by atoms with Crippen LogP contribution in [0.15, 0.2) is 18.2 Å². The maximum Gasteiger partial charge on any atom is 0.319 e. The summed E-state index contributed by atoms with van der Waals surface area (Å²) in [6, 6.07) is 5.65. The highest BCUT2D eigenvalue weighted by Gasteiger charge is 2.46. The predicted molar refractivity (Wildman–Crippen MR) is 118 cm³/mol. The maximum atomic E-state index is 12.4. The highest BCUT2D eigenvalue weighted by atomic mass is 16.6. The van der Waals surface area contributed by atoms with E-state index in [1.807, 2.05) is 18.2 Å². The summed E-state index contributed by atoms with van der Waals surface area (Å²) in [5.41, 5.74) is 1.67. The number of hydrogen-bond donors (Lipinski definition) is 4. The Morgan fingerprint density at radius 3 is 2.81 bits per heavy atom. The van der Waals surface area contributed by atoms with E-state index in [2.05, 4.69) is 16.0 Å². The zero-order valence-corrected chi connectivity index (χ0v) is 18.5. The van der Waals surface area contributed by atoms with E-state index in [1.54, 1.807) is 7.11 Å². The van der Waals surface area contributed by atoms with E-state index in [1.165, 1.54) is 0 Å². The predicted octanol–water partition coefficient (Wildman–Crippen LogP) is 1.90. The normalized spacial score (nSPS) is 26.7. The Morgan fingerprint density at radius 2 is 2.06 bits per heavy atom. The Kier molecular flexibility index (Phi) is 7.49. The molecule has 4 rings (SSSR count). The number of nitrogens with one attached hydrogen (secondary N) is 3. The molecule has 3 aliphatic rings. The number of hydrogen-bond acceptors (Lipinski definition) is 6. The third-order valence-electron chi connectivity index (χ3n) is 6.49. The summed E-state index contributed by atoms with van der Waals surface area (Å²) >= 11 is 0. The minimum atomic E-state index is -0.514. The van der Waals surface area contributed by atoms with Crippen LogP contribution in [0.2, 0.25) is 0 Å². The van der Waals surface area contributed by atoms with Crippen molar-refractivity contribution in [2.24, 2.45) is 0 Å². The molecule has 2 fully saturated rings. The van der Waals surface area contributed by atoms with Crippen LogP contribution in [0.5, 0.6) is 5.75 Å². The molecule has 1 aliphatic carbocycles. The van der Waals surface area contributed by atoms with Crippen LogP contribution in [0.1, 0.15) is 50.0 Å². The Hall–Kier alpha value is -2.36. The van der Waals surface area contributed by atoms with Crippen LogP contribution >= 0.6 is 0 Å². The molecule has 4 atom stereocenters. The van der Waals surface area contributed by atoms with Crippen LogP contribution in [0.25, 0.3) is 0 Å². The molecule has 1 aromatic carbocycles. The van der Waals surface area contributed by atoms with E-state index in [0.717, 1.165) is 37.0 Å². The fourth-order valence-corrected chi connectivity index (χ4v) is 4.96. The minimum absolute atomic E-state index is 0.0210. The largest absolute Gasteiger partial charge is 0.487 e. The number of methoxy groups -OCH3 is 1. The number of fused-ring (bicyclic) bond motifs is 3. The van der Waals surface area contributed by atoms with Crippen molar-refractivity contribution >= 4 is 17.6 Å². The van der Waals surface area contributed by atoms with Crippen molar-refractivity contribution in [3.63, 3.8) is 0 Å². The molecule has 4 N–H and O–H groups in total. The summed E-state index contributed by atoms with van der Waals surface area (Å²) in [7, 11) is 1.58. The van der Waals surface area contributed by atoms with Crippen LogP contribution in [0.4, 0.5) is 10.5 Å². The molecule has 1 saturated heterocycles. The quantitative estimate of drug-likeness (QED) is 0.452. The molecular weight excluding hydrogens is 414 g/mol. The molecule has 9 heteroatoms. The maximum absolute atomic E-state index is 12.4. The first-order chi connectivity index (χ1) is 15.6. The Labute approximate surface area is 188 Å². The number of aliphatic hydroxyl groups excluding tert-OH is 1. The SMILES string of the molecule is COCCNC(=O)C[C@H]1C[C@@H]2c3cc(NC(=O)NC4CCCC4)ccc3O[C@@H]2[C@H](CO)O1. The van der Waals surface area contributed by atoms with Gasteiger partial charge in [0.15, 0.2) is 0 Å². The van der Waals surface area contributed by atoms with Gasteiger partial charge in [0.05, 0.1) is 25.7 Å². The zero-order chi connectivity index (χ0) is 22.5. The van der Waals surface area contributed by atoms with E-state index >= 15 is 0 Å². The molecule has 2 aliphatic heterocycles. The summed E-state index contributed by atoms with van der Waals surface area (Å²) in [6.45, 7) is 0.708. The van der Waals surface area contributed by atoms with Gasteiger partial charge in [0.1, 0.15) is 18.0 Å². The number of amides is 3. The highest BCUT2D eigenvalue weighted by Crippen LogP contribution is 2.47. The average molecular weight is 448 g/mol. The molecule has 0 spiro atoms. The van der Waals surface area contributed by atoms with E-state index in [-0.39, 0.29) is 49.1 Å². The fraction of sp³-hybridized carbons (Fsp3) is 0.652. The van der Waals surface area contributed by atoms with E-state index < -0.39 is 6.10 Å². The van der Waals surface area contributed by atoms with Crippen LogP contribution in [-0.4, -0.2) is 68.3 Å². The molecule has 1 saturated carbocycles. The highest BCUT2D eigenvalue weighted by molar-refractivity contribution is 5.89. The summed E-state index contributed by atoms with van der Waals surface area (Å²) < 4.78 is 17.0. The van der Waals surface area contributed by atoms with Crippen molar-refractivity contribution in [3.05, 3.63) is 23.8 Å². The summed E-state index contributed by atoms with van der Waals surface area (Å²) in [4.78, 5) is 24.6. The van der Waals surface area contributed by atoms with Gasteiger partial charge in [-0.05, 0) is 37.5 Å². The van der Waals surface area contributed by atoms with Gasteiger partial charge in [0.25, 0.3) is 0 Å². The molecule has 0 radical (unpaired) electrons. The van der Waals surface area contributed by atoms with Gasteiger partial charge in [0, 0.05) is 36.9 Å². The van der Waals surface area contributed by atoms with E-state index in [9.17, 15) is 14.7 Å². The van der Waals surface area contributed by atoms with E-state index in [4.69, 9.17) is 14.2 Å². The minimum Gasteiger partial charge on any atom is -0.487 e. The van der Waals surface area contributed by atoms with Crippen LogP contribution in [0, 0.1) is 0 Å². The lowest BCUT2D eigenvalue weighted by atomic mass is 9.84. The molecule has 0 bridgehead atoms. The van der Waals surface area contributed by atoms with Crippen LogP contribution in [0.3, 0.4) is 0 Å². The monoisotopic (exact) mass is 447 g/mol. The van der Waals surface area contributed by atoms with Gasteiger partial charge in [-0.1, -0.05) is 12.8 Å². The molecule has 0 unspecified atom stereocenters. The second-order valence-electron chi connectivity index (χ2n) is 8.78. The molecule has 2 heterocycles. The van der Waals surface area contributed by atoms with E-state index in [0.29, 0.717) is 25.3 Å². The van der Waals surface area contributed by atoms with Crippen molar-refractivity contribution in [1.82, 2.24) is 10.6 Å². The van der Waals surface area contributed by atoms with Crippen molar-refractivity contribution in [2.75, 3.05) is 32.2 Å². The Bertz CT molecular complexity index is 813. The Morgan fingerprint density at radius 1 is 1.25 bits per heavy atom. The summed E-state index contributed by atoms with van der Waals surface area (Å²) in [6.07, 6.45) is 4.02. The topological polar surface area (TPSA) is 118 Å². The van der Waals surface area contributed by atoms with Gasteiger partial charge in [-0.15, -0.1) is 0 Å². The van der Waals surface area contributed by atoms with Crippen molar-refractivity contribution in [3.8, 4) is 5.75 Å². The number of urea groups is 1. The first-order valence-electron chi connectivity index (χ1n) is 11.5. The molecular formula is C23H33N3O6. The fourth-order valence-electron chi connectivity index (χ4n) is 4.96. The average Bonchev–Trinajstić information content (AvgIpc) is 3.41. The Balaban J connectivity index is 1.41. The first kappa shape index (κ1) is 22.8. The number of carbonyl (C=O) groups excluding carboxylic acids is 2. The van der Waals surface area contributed by atoms with Gasteiger partial charge in [-0.25, -0.2) is 4.79 Å². The standard InChI is InChI=1S/C23H33N3O6/c1-30-9-8-24-21(28)12-16-11-18-17-10-15(26-23(29)25-14-4-2-3-5-14)6-7-19(17)32-22(18)20(13-27)31-16/h6-7,10,14,16,18,20,22,27H,2-5,8-9,11-13H2,1H3,(H,24,28)(H2,25,26,29)/t16-,18-,20+,22+/m1/s1. The smallest absolute Gasteiger partial charge is 0.319 e. The lowest BCUT2D eigenvalue weighted by Crippen LogP contribution is -2.47. The number of ether oxygens (including phenoxy) is 3. The number of benzene rings is 1. The molecule has 9 nitrogen and oxygen atoms in total. The molecule has 3 amide bonds. The van der Waals surface area contributed by atoms with Gasteiger partial charge < -0.3 is 35.3 Å². The second kappa shape index (κ2) is 10.5. The number of aliphatic hydroxyl groups is 1. The number of rotatable bonds is 8. The lowest BCUT2D eigenvalue weighted by molar-refractivity contribution is -0.142. The van der Waals surface area contributed by atoms with Crippen molar-refractivity contribution < 1.29 is 28.9 Å². The summed E-state index contributed by atoms with van der Waals surface area (Å²) in [5, 5.41) is 18.6. The zero-order valence-electron chi connectivity index (χ0n) is 18.5. The van der Waals surface area contributed by atoms with Crippen LogP contribution in [-0.2, 0) is 14.3 Å².